The highest BCUT2D eigenvalue weighted by molar-refractivity contribution is 5.96. The third kappa shape index (κ3) is 3.57. The van der Waals surface area contributed by atoms with Crippen molar-refractivity contribution < 1.29 is 4.79 Å². The van der Waals surface area contributed by atoms with Gasteiger partial charge in [0.1, 0.15) is 0 Å². The van der Waals surface area contributed by atoms with Gasteiger partial charge in [-0.2, -0.15) is 0 Å². The second kappa shape index (κ2) is 5.74. The Balaban J connectivity index is 2.09. The predicted octanol–water partition coefficient (Wildman–Crippen LogP) is 2.37. The van der Waals surface area contributed by atoms with Gasteiger partial charge in [-0.05, 0) is 64.3 Å². The molecule has 0 aromatic heterocycles. The summed E-state index contributed by atoms with van der Waals surface area (Å²) in [5.74, 6) is 0.699. The maximum atomic E-state index is 12.4. The molecule has 0 radical (unpaired) electrons. The Morgan fingerprint density at radius 2 is 2.00 bits per heavy atom. The van der Waals surface area contributed by atoms with Gasteiger partial charge in [-0.1, -0.05) is 18.2 Å². The number of likely N-dealkylation sites (N-methyl/N-ethyl adjacent to an activating group) is 1. The summed E-state index contributed by atoms with van der Waals surface area (Å²) in [6, 6.07) is 7.88. The Morgan fingerprint density at radius 3 is 2.63 bits per heavy atom. The average molecular weight is 260 g/mol. The molecule has 1 aromatic carbocycles. The minimum atomic E-state index is -0.0901. The SMILES string of the molecule is CNCCc1ccccc1C(=O)NC(C)(C)C1CC1. The van der Waals surface area contributed by atoms with Crippen molar-refractivity contribution in [3.8, 4) is 0 Å². The first-order valence-corrected chi connectivity index (χ1v) is 7.09. The summed E-state index contributed by atoms with van der Waals surface area (Å²) >= 11 is 0. The van der Waals surface area contributed by atoms with Crippen LogP contribution in [0.2, 0.25) is 0 Å². The summed E-state index contributed by atoms with van der Waals surface area (Å²) in [5.41, 5.74) is 1.83. The lowest BCUT2D eigenvalue weighted by Crippen LogP contribution is -2.45. The van der Waals surface area contributed by atoms with Crippen molar-refractivity contribution in [2.75, 3.05) is 13.6 Å². The van der Waals surface area contributed by atoms with E-state index >= 15 is 0 Å². The molecular weight excluding hydrogens is 236 g/mol. The standard InChI is InChI=1S/C16H24N2O/c1-16(2,13-8-9-13)18-15(19)14-7-5-4-6-12(14)10-11-17-3/h4-7,13,17H,8-11H2,1-3H3,(H,18,19). The number of carbonyl (C=O) groups is 1. The topological polar surface area (TPSA) is 41.1 Å². The van der Waals surface area contributed by atoms with E-state index in [4.69, 9.17) is 0 Å². The quantitative estimate of drug-likeness (QED) is 0.824. The molecule has 1 aliphatic carbocycles. The van der Waals surface area contributed by atoms with E-state index in [-0.39, 0.29) is 11.4 Å². The zero-order valence-electron chi connectivity index (χ0n) is 12.1. The van der Waals surface area contributed by atoms with E-state index in [1.54, 1.807) is 0 Å². The van der Waals surface area contributed by atoms with Gasteiger partial charge < -0.3 is 10.6 Å². The van der Waals surface area contributed by atoms with Crippen LogP contribution in [0.4, 0.5) is 0 Å². The van der Waals surface area contributed by atoms with Gasteiger partial charge in [0.15, 0.2) is 0 Å². The molecule has 3 nitrogen and oxygen atoms in total. The lowest BCUT2D eigenvalue weighted by molar-refractivity contribution is 0.0902. The average Bonchev–Trinajstić information content (AvgIpc) is 3.20. The van der Waals surface area contributed by atoms with Gasteiger partial charge in [0, 0.05) is 11.1 Å². The van der Waals surface area contributed by atoms with Crippen LogP contribution in [0, 0.1) is 5.92 Å². The lowest BCUT2D eigenvalue weighted by Gasteiger charge is -2.26. The Bertz CT molecular complexity index is 450. The van der Waals surface area contributed by atoms with E-state index < -0.39 is 0 Å². The van der Waals surface area contributed by atoms with Crippen molar-refractivity contribution in [1.82, 2.24) is 10.6 Å². The molecule has 0 aliphatic heterocycles. The summed E-state index contributed by atoms with van der Waals surface area (Å²) in [5, 5.41) is 6.32. The van der Waals surface area contributed by atoms with Crippen molar-refractivity contribution in [3.63, 3.8) is 0 Å². The van der Waals surface area contributed by atoms with Crippen LogP contribution in [0.15, 0.2) is 24.3 Å². The molecule has 2 N–H and O–H groups in total. The van der Waals surface area contributed by atoms with Gasteiger partial charge in [0.05, 0.1) is 0 Å². The molecular formula is C16H24N2O. The Hall–Kier alpha value is -1.35. The van der Waals surface area contributed by atoms with Crippen LogP contribution in [-0.2, 0) is 6.42 Å². The Morgan fingerprint density at radius 1 is 1.32 bits per heavy atom. The second-order valence-corrected chi connectivity index (χ2v) is 5.96. The minimum absolute atomic E-state index is 0.0589. The van der Waals surface area contributed by atoms with E-state index in [2.05, 4.69) is 24.5 Å². The highest BCUT2D eigenvalue weighted by Crippen LogP contribution is 2.39. The highest BCUT2D eigenvalue weighted by Gasteiger charge is 2.38. The smallest absolute Gasteiger partial charge is 0.251 e. The number of rotatable bonds is 6. The summed E-state index contributed by atoms with van der Waals surface area (Å²) in [6.07, 6.45) is 3.34. The fourth-order valence-corrected chi connectivity index (χ4v) is 2.49. The summed E-state index contributed by atoms with van der Waals surface area (Å²) in [4.78, 5) is 12.4. The van der Waals surface area contributed by atoms with Crippen LogP contribution in [-0.4, -0.2) is 25.0 Å². The molecule has 1 amide bonds. The number of carbonyl (C=O) groups excluding carboxylic acids is 1. The van der Waals surface area contributed by atoms with E-state index in [9.17, 15) is 4.79 Å². The maximum absolute atomic E-state index is 12.4. The third-order valence-electron chi connectivity index (χ3n) is 3.94. The van der Waals surface area contributed by atoms with Crippen LogP contribution >= 0.6 is 0 Å². The van der Waals surface area contributed by atoms with Crippen LogP contribution in [0.25, 0.3) is 0 Å². The molecule has 104 valence electrons. The van der Waals surface area contributed by atoms with Gasteiger partial charge >= 0.3 is 0 Å². The summed E-state index contributed by atoms with van der Waals surface area (Å²) < 4.78 is 0. The number of hydrogen-bond donors (Lipinski definition) is 2. The van der Waals surface area contributed by atoms with Crippen LogP contribution in [0.1, 0.15) is 42.6 Å². The lowest BCUT2D eigenvalue weighted by atomic mass is 9.97. The number of amides is 1. The van der Waals surface area contributed by atoms with Gasteiger partial charge in [-0.15, -0.1) is 0 Å². The molecule has 1 fully saturated rings. The predicted molar refractivity (Wildman–Crippen MR) is 78.3 cm³/mol. The largest absolute Gasteiger partial charge is 0.347 e. The molecule has 0 unspecified atom stereocenters. The van der Waals surface area contributed by atoms with Gasteiger partial charge in [0.2, 0.25) is 0 Å². The van der Waals surface area contributed by atoms with E-state index in [1.807, 2.05) is 31.3 Å². The van der Waals surface area contributed by atoms with Crippen molar-refractivity contribution >= 4 is 5.91 Å². The molecule has 2 rings (SSSR count). The normalized spacial score (nSPS) is 15.3. The monoisotopic (exact) mass is 260 g/mol. The summed E-state index contributed by atoms with van der Waals surface area (Å²) in [6.45, 7) is 5.13. The minimum Gasteiger partial charge on any atom is -0.347 e. The molecule has 19 heavy (non-hydrogen) atoms. The van der Waals surface area contributed by atoms with E-state index in [1.165, 1.54) is 12.8 Å². The highest BCUT2D eigenvalue weighted by atomic mass is 16.1. The van der Waals surface area contributed by atoms with Gasteiger partial charge in [-0.25, -0.2) is 0 Å². The number of benzene rings is 1. The molecule has 1 saturated carbocycles. The van der Waals surface area contributed by atoms with Gasteiger partial charge in [-0.3, -0.25) is 4.79 Å². The fraction of sp³-hybridized carbons (Fsp3) is 0.562. The summed E-state index contributed by atoms with van der Waals surface area (Å²) in [7, 11) is 1.93. The van der Waals surface area contributed by atoms with E-state index in [0.29, 0.717) is 5.92 Å². The second-order valence-electron chi connectivity index (χ2n) is 5.96. The molecule has 0 heterocycles. The molecule has 1 aliphatic rings. The molecule has 0 bridgehead atoms. The first-order valence-electron chi connectivity index (χ1n) is 7.09. The molecule has 0 atom stereocenters. The Labute approximate surface area is 115 Å². The zero-order valence-corrected chi connectivity index (χ0v) is 12.1. The van der Waals surface area contributed by atoms with Crippen LogP contribution in [0.5, 0.6) is 0 Å². The molecule has 3 heteroatoms. The fourth-order valence-electron chi connectivity index (χ4n) is 2.49. The van der Waals surface area contributed by atoms with Crippen molar-refractivity contribution in [2.24, 2.45) is 5.92 Å². The maximum Gasteiger partial charge on any atom is 0.251 e. The number of hydrogen-bond acceptors (Lipinski definition) is 2. The zero-order chi connectivity index (χ0) is 13.9. The first-order chi connectivity index (χ1) is 9.04. The molecule has 0 saturated heterocycles. The van der Waals surface area contributed by atoms with E-state index in [0.717, 1.165) is 24.1 Å². The Kier molecular flexibility index (Phi) is 4.25. The van der Waals surface area contributed by atoms with Crippen molar-refractivity contribution in [3.05, 3.63) is 35.4 Å². The molecule has 0 spiro atoms. The van der Waals surface area contributed by atoms with Crippen molar-refractivity contribution in [2.45, 2.75) is 38.6 Å². The first kappa shape index (κ1) is 14.1. The van der Waals surface area contributed by atoms with Crippen LogP contribution < -0.4 is 10.6 Å². The number of nitrogens with one attached hydrogen (secondary N) is 2. The third-order valence-corrected chi connectivity index (χ3v) is 3.94. The van der Waals surface area contributed by atoms with Gasteiger partial charge in [0.25, 0.3) is 5.91 Å². The molecule has 1 aromatic rings. The van der Waals surface area contributed by atoms with Crippen LogP contribution in [0.3, 0.4) is 0 Å². The van der Waals surface area contributed by atoms with Crippen molar-refractivity contribution in [1.29, 1.82) is 0 Å².